The van der Waals surface area contributed by atoms with Gasteiger partial charge in [-0.3, -0.25) is 0 Å². The van der Waals surface area contributed by atoms with Crippen molar-refractivity contribution in [3.8, 4) is 0 Å². The van der Waals surface area contributed by atoms with E-state index in [1.165, 1.54) is 11.8 Å². The predicted octanol–water partition coefficient (Wildman–Crippen LogP) is -0.496. The van der Waals surface area contributed by atoms with E-state index in [4.69, 9.17) is 15.9 Å². The summed E-state index contributed by atoms with van der Waals surface area (Å²) in [6, 6.07) is 1.59. The summed E-state index contributed by atoms with van der Waals surface area (Å²) in [7, 11) is 0. The molecule has 0 saturated carbocycles. The Morgan fingerprint density at radius 3 is 3.00 bits per heavy atom. The van der Waals surface area contributed by atoms with Crippen molar-refractivity contribution in [2.24, 2.45) is 0 Å². The molecule has 0 aliphatic carbocycles. The molecule has 1 aromatic heterocycles. The van der Waals surface area contributed by atoms with E-state index in [2.05, 4.69) is 9.97 Å². The van der Waals surface area contributed by atoms with Crippen LogP contribution in [0.15, 0.2) is 17.4 Å². The standard InChI is InChI=1S/C7H11N3O2S/c8-6-1-2-9-7(10-6)13-4-5(12)3-11/h1-2,5,11-12H,3-4H2,(H2,8,9,10). The van der Waals surface area contributed by atoms with Gasteiger partial charge in [-0.2, -0.15) is 0 Å². The van der Waals surface area contributed by atoms with Crippen molar-refractivity contribution in [1.82, 2.24) is 9.97 Å². The summed E-state index contributed by atoms with van der Waals surface area (Å²) in [5, 5.41) is 18.1. The molecule has 0 aromatic carbocycles. The summed E-state index contributed by atoms with van der Waals surface area (Å²) in [4.78, 5) is 7.84. The molecule has 0 saturated heterocycles. The molecule has 72 valence electrons. The van der Waals surface area contributed by atoms with E-state index < -0.39 is 6.10 Å². The van der Waals surface area contributed by atoms with Crippen molar-refractivity contribution in [2.75, 3.05) is 18.1 Å². The number of hydrogen-bond donors (Lipinski definition) is 3. The van der Waals surface area contributed by atoms with Gasteiger partial charge in [-0.15, -0.1) is 0 Å². The second kappa shape index (κ2) is 5.00. The highest BCUT2D eigenvalue weighted by Crippen LogP contribution is 2.13. The highest BCUT2D eigenvalue weighted by Gasteiger charge is 2.04. The molecule has 5 nitrogen and oxygen atoms in total. The van der Waals surface area contributed by atoms with Crippen LogP contribution in [0, 0.1) is 0 Å². The van der Waals surface area contributed by atoms with Gasteiger partial charge >= 0.3 is 0 Å². The first-order chi connectivity index (χ1) is 6.22. The van der Waals surface area contributed by atoms with Crippen LogP contribution in [0.2, 0.25) is 0 Å². The minimum Gasteiger partial charge on any atom is -0.394 e. The van der Waals surface area contributed by atoms with Crippen molar-refractivity contribution in [1.29, 1.82) is 0 Å². The zero-order chi connectivity index (χ0) is 9.68. The molecule has 0 aliphatic heterocycles. The Kier molecular flexibility index (Phi) is 3.94. The van der Waals surface area contributed by atoms with Gasteiger partial charge in [0, 0.05) is 11.9 Å². The summed E-state index contributed by atoms with van der Waals surface area (Å²) in [6.07, 6.45) is 0.811. The quantitative estimate of drug-likeness (QED) is 0.449. The number of aromatic nitrogens is 2. The molecule has 13 heavy (non-hydrogen) atoms. The van der Waals surface area contributed by atoms with E-state index in [1.54, 1.807) is 12.3 Å². The maximum Gasteiger partial charge on any atom is 0.189 e. The molecule has 1 rings (SSSR count). The maximum atomic E-state index is 9.03. The van der Waals surface area contributed by atoms with Gasteiger partial charge in [0.25, 0.3) is 0 Å². The molecule has 1 unspecified atom stereocenters. The van der Waals surface area contributed by atoms with Crippen molar-refractivity contribution in [3.63, 3.8) is 0 Å². The smallest absolute Gasteiger partial charge is 0.189 e. The van der Waals surface area contributed by atoms with Crippen LogP contribution in [-0.2, 0) is 0 Å². The van der Waals surface area contributed by atoms with E-state index in [-0.39, 0.29) is 6.61 Å². The Balaban J connectivity index is 2.45. The monoisotopic (exact) mass is 201 g/mol. The SMILES string of the molecule is Nc1ccnc(SCC(O)CO)n1. The van der Waals surface area contributed by atoms with Crippen LogP contribution in [0.1, 0.15) is 0 Å². The van der Waals surface area contributed by atoms with Crippen molar-refractivity contribution in [2.45, 2.75) is 11.3 Å². The van der Waals surface area contributed by atoms with Gasteiger partial charge < -0.3 is 15.9 Å². The number of nitrogen functional groups attached to an aromatic ring is 1. The lowest BCUT2D eigenvalue weighted by Gasteiger charge is -2.04. The Hall–Kier alpha value is -0.850. The average Bonchev–Trinajstić information content (AvgIpc) is 2.14. The number of aliphatic hydroxyl groups is 2. The van der Waals surface area contributed by atoms with Gasteiger partial charge in [0.1, 0.15) is 5.82 Å². The van der Waals surface area contributed by atoms with Crippen LogP contribution < -0.4 is 5.73 Å². The summed E-state index contributed by atoms with van der Waals surface area (Å²) in [6.45, 7) is -0.255. The van der Waals surface area contributed by atoms with Crippen LogP contribution >= 0.6 is 11.8 Å². The van der Waals surface area contributed by atoms with Crippen LogP contribution in [0.5, 0.6) is 0 Å². The molecule has 1 aromatic rings. The van der Waals surface area contributed by atoms with E-state index >= 15 is 0 Å². The lowest BCUT2D eigenvalue weighted by Crippen LogP contribution is -2.14. The Bertz CT molecular complexity index is 272. The molecule has 0 spiro atoms. The molecular formula is C7H11N3O2S. The van der Waals surface area contributed by atoms with Gasteiger partial charge in [0.05, 0.1) is 12.7 Å². The van der Waals surface area contributed by atoms with Crippen molar-refractivity contribution in [3.05, 3.63) is 12.3 Å². The van der Waals surface area contributed by atoms with Crippen LogP contribution in [-0.4, -0.2) is 38.6 Å². The van der Waals surface area contributed by atoms with Crippen LogP contribution in [0.25, 0.3) is 0 Å². The second-order valence-corrected chi connectivity index (χ2v) is 3.40. The molecule has 4 N–H and O–H groups in total. The van der Waals surface area contributed by atoms with E-state index in [9.17, 15) is 0 Å². The Labute approximate surface area is 80.0 Å². The lowest BCUT2D eigenvalue weighted by molar-refractivity contribution is 0.113. The molecule has 0 radical (unpaired) electrons. The van der Waals surface area contributed by atoms with E-state index in [1.807, 2.05) is 0 Å². The first kappa shape index (κ1) is 10.2. The molecule has 1 atom stereocenters. The molecule has 1 heterocycles. The second-order valence-electron chi connectivity index (χ2n) is 2.41. The van der Waals surface area contributed by atoms with E-state index in [0.717, 1.165) is 0 Å². The van der Waals surface area contributed by atoms with Gasteiger partial charge in [-0.25, -0.2) is 9.97 Å². The number of nitrogens with two attached hydrogens (primary N) is 1. The fourth-order valence-electron chi connectivity index (χ4n) is 0.647. The number of thioether (sulfide) groups is 1. The molecule has 0 fully saturated rings. The molecular weight excluding hydrogens is 190 g/mol. The highest BCUT2D eigenvalue weighted by molar-refractivity contribution is 7.99. The third-order valence-corrected chi connectivity index (χ3v) is 2.28. The fraction of sp³-hybridized carbons (Fsp3) is 0.429. The third-order valence-electron chi connectivity index (χ3n) is 1.27. The van der Waals surface area contributed by atoms with Gasteiger partial charge in [-0.05, 0) is 6.07 Å². The zero-order valence-electron chi connectivity index (χ0n) is 6.92. The lowest BCUT2D eigenvalue weighted by atomic mass is 10.4. The molecule has 0 amide bonds. The first-order valence-corrected chi connectivity index (χ1v) is 4.71. The summed E-state index contributed by atoms with van der Waals surface area (Å²) in [5.41, 5.74) is 5.42. The minimum absolute atomic E-state index is 0.255. The van der Waals surface area contributed by atoms with Gasteiger partial charge in [0.2, 0.25) is 0 Å². The fourth-order valence-corrected chi connectivity index (χ4v) is 1.40. The van der Waals surface area contributed by atoms with Crippen LogP contribution in [0.4, 0.5) is 5.82 Å². The third kappa shape index (κ3) is 3.58. The number of hydrogen-bond acceptors (Lipinski definition) is 6. The van der Waals surface area contributed by atoms with E-state index in [0.29, 0.717) is 16.7 Å². The topological polar surface area (TPSA) is 92.3 Å². The first-order valence-electron chi connectivity index (χ1n) is 3.72. The van der Waals surface area contributed by atoms with Crippen LogP contribution in [0.3, 0.4) is 0 Å². The van der Waals surface area contributed by atoms with Gasteiger partial charge in [-0.1, -0.05) is 11.8 Å². The predicted molar refractivity (Wildman–Crippen MR) is 50.3 cm³/mol. The number of rotatable bonds is 4. The molecule has 0 bridgehead atoms. The molecule has 0 aliphatic rings. The summed E-state index contributed by atoms with van der Waals surface area (Å²) >= 11 is 1.26. The van der Waals surface area contributed by atoms with Crippen molar-refractivity contribution < 1.29 is 10.2 Å². The Morgan fingerprint density at radius 1 is 1.62 bits per heavy atom. The Morgan fingerprint density at radius 2 is 2.38 bits per heavy atom. The maximum absolute atomic E-state index is 9.03. The number of nitrogens with zero attached hydrogens (tertiary/aromatic N) is 2. The van der Waals surface area contributed by atoms with Crippen molar-refractivity contribution >= 4 is 17.6 Å². The summed E-state index contributed by atoms with van der Waals surface area (Å²) in [5.74, 6) is 0.760. The highest BCUT2D eigenvalue weighted by atomic mass is 32.2. The normalized spacial score (nSPS) is 12.8. The largest absolute Gasteiger partial charge is 0.394 e. The van der Waals surface area contributed by atoms with Gasteiger partial charge in [0.15, 0.2) is 5.16 Å². The minimum atomic E-state index is -0.741. The average molecular weight is 201 g/mol. The molecule has 6 heteroatoms. The zero-order valence-corrected chi connectivity index (χ0v) is 7.74. The summed E-state index contributed by atoms with van der Waals surface area (Å²) < 4.78 is 0. The number of anilines is 1. The number of aliphatic hydroxyl groups excluding tert-OH is 2.